The van der Waals surface area contributed by atoms with Gasteiger partial charge in [-0.05, 0) is 29.9 Å². The molecule has 0 radical (unpaired) electrons. The van der Waals surface area contributed by atoms with Gasteiger partial charge in [0.25, 0.3) is 0 Å². The maximum Gasteiger partial charge on any atom is 0.208 e. The van der Waals surface area contributed by atoms with E-state index in [2.05, 4.69) is 0 Å². The highest BCUT2D eigenvalue weighted by molar-refractivity contribution is 5.31. The first kappa shape index (κ1) is 11.7. The van der Waals surface area contributed by atoms with E-state index < -0.39 is 11.4 Å². The van der Waals surface area contributed by atoms with Crippen LogP contribution < -0.4 is 0 Å². The average Bonchev–Trinajstić information content (AvgIpc) is 2.84. The molecule has 1 spiro atoms. The largest absolute Gasteiger partial charge is 0.381 e. The summed E-state index contributed by atoms with van der Waals surface area (Å²) in [6.07, 6.45) is 7.65. The second-order valence-corrected chi connectivity index (χ2v) is 4.74. The topological polar surface area (TPSA) is 38.7 Å². The standard InChI is InChI=1S/C15H16O3/c16-14(12-13-4-2-1-3-5-13)6-8-15(9-7-14)17-10-11-18-15/h1-9,16H,10-12H2. The molecular formula is C15H16O3. The zero-order valence-corrected chi connectivity index (χ0v) is 10.1. The molecule has 1 aliphatic heterocycles. The highest BCUT2D eigenvalue weighted by Gasteiger charge is 2.36. The number of hydrogen-bond donors (Lipinski definition) is 1. The van der Waals surface area contributed by atoms with Crippen LogP contribution in [0.15, 0.2) is 54.6 Å². The van der Waals surface area contributed by atoms with Gasteiger partial charge in [0, 0.05) is 6.42 Å². The Hall–Kier alpha value is -1.42. The van der Waals surface area contributed by atoms with E-state index in [0.29, 0.717) is 19.6 Å². The first-order valence-corrected chi connectivity index (χ1v) is 6.15. The monoisotopic (exact) mass is 244 g/mol. The summed E-state index contributed by atoms with van der Waals surface area (Å²) >= 11 is 0. The second kappa shape index (κ2) is 4.35. The molecule has 1 heterocycles. The van der Waals surface area contributed by atoms with Gasteiger partial charge in [0.05, 0.1) is 13.2 Å². The number of benzene rings is 1. The van der Waals surface area contributed by atoms with Crippen molar-refractivity contribution in [1.82, 2.24) is 0 Å². The predicted molar refractivity (Wildman–Crippen MR) is 68.0 cm³/mol. The van der Waals surface area contributed by atoms with E-state index in [1.165, 1.54) is 0 Å². The van der Waals surface area contributed by atoms with Gasteiger partial charge in [-0.1, -0.05) is 30.3 Å². The van der Waals surface area contributed by atoms with Crippen molar-refractivity contribution < 1.29 is 14.6 Å². The van der Waals surface area contributed by atoms with E-state index >= 15 is 0 Å². The fourth-order valence-corrected chi connectivity index (χ4v) is 2.31. The first-order valence-electron chi connectivity index (χ1n) is 6.15. The zero-order valence-electron chi connectivity index (χ0n) is 10.1. The molecule has 1 N–H and O–H groups in total. The minimum absolute atomic E-state index is 0.552. The molecule has 3 heteroatoms. The van der Waals surface area contributed by atoms with Gasteiger partial charge in [0.1, 0.15) is 5.60 Å². The second-order valence-electron chi connectivity index (χ2n) is 4.74. The number of rotatable bonds is 2. The number of aliphatic hydroxyl groups is 1. The summed E-state index contributed by atoms with van der Waals surface area (Å²) in [5, 5.41) is 10.5. The lowest BCUT2D eigenvalue weighted by molar-refractivity contribution is -0.0788. The summed E-state index contributed by atoms with van der Waals surface area (Å²) in [7, 11) is 0. The van der Waals surface area contributed by atoms with Crippen molar-refractivity contribution in [2.75, 3.05) is 13.2 Å². The first-order chi connectivity index (χ1) is 8.70. The Morgan fingerprint density at radius 2 is 1.56 bits per heavy atom. The van der Waals surface area contributed by atoms with Crippen molar-refractivity contribution in [3.05, 3.63) is 60.2 Å². The Kier molecular flexibility index (Phi) is 2.82. The highest BCUT2D eigenvalue weighted by atomic mass is 16.7. The van der Waals surface area contributed by atoms with Gasteiger partial charge in [0.15, 0.2) is 0 Å². The fraction of sp³-hybridized carbons (Fsp3) is 0.333. The molecule has 1 aliphatic carbocycles. The Balaban J connectivity index is 1.76. The van der Waals surface area contributed by atoms with E-state index in [9.17, 15) is 5.11 Å². The van der Waals surface area contributed by atoms with Gasteiger partial charge in [-0.2, -0.15) is 0 Å². The van der Waals surface area contributed by atoms with Crippen LogP contribution in [0.3, 0.4) is 0 Å². The minimum atomic E-state index is -0.956. The van der Waals surface area contributed by atoms with Crippen molar-refractivity contribution in [3.63, 3.8) is 0 Å². The summed E-state index contributed by atoms with van der Waals surface area (Å²) < 4.78 is 11.0. The Labute approximate surface area is 106 Å². The third kappa shape index (κ3) is 2.25. The van der Waals surface area contributed by atoms with E-state index in [-0.39, 0.29) is 0 Å². The van der Waals surface area contributed by atoms with Crippen molar-refractivity contribution in [3.8, 4) is 0 Å². The van der Waals surface area contributed by atoms with Crippen LogP contribution in [0.1, 0.15) is 5.56 Å². The summed E-state index contributed by atoms with van der Waals surface area (Å²) in [6.45, 7) is 1.18. The van der Waals surface area contributed by atoms with Crippen molar-refractivity contribution in [2.45, 2.75) is 17.8 Å². The molecular weight excluding hydrogens is 228 g/mol. The molecule has 18 heavy (non-hydrogen) atoms. The molecule has 2 aliphatic rings. The quantitative estimate of drug-likeness (QED) is 0.807. The van der Waals surface area contributed by atoms with Crippen LogP contribution in [0.25, 0.3) is 0 Å². The van der Waals surface area contributed by atoms with Gasteiger partial charge < -0.3 is 14.6 Å². The Morgan fingerprint density at radius 3 is 2.17 bits per heavy atom. The molecule has 0 aromatic heterocycles. The molecule has 1 saturated heterocycles. The molecule has 3 rings (SSSR count). The lowest BCUT2D eigenvalue weighted by atomic mass is 9.89. The minimum Gasteiger partial charge on any atom is -0.381 e. The molecule has 0 unspecified atom stereocenters. The summed E-state index contributed by atoms with van der Waals surface area (Å²) in [5.41, 5.74) is 0.139. The van der Waals surface area contributed by atoms with E-state index in [4.69, 9.17) is 9.47 Å². The fourth-order valence-electron chi connectivity index (χ4n) is 2.31. The molecule has 3 nitrogen and oxygen atoms in total. The maximum atomic E-state index is 10.5. The summed E-state index contributed by atoms with van der Waals surface area (Å²) in [4.78, 5) is 0. The number of ether oxygens (including phenoxy) is 2. The van der Waals surface area contributed by atoms with Crippen LogP contribution in [0.2, 0.25) is 0 Å². The predicted octanol–water partition coefficient (Wildman–Crippen LogP) is 1.83. The van der Waals surface area contributed by atoms with E-state index in [1.54, 1.807) is 24.3 Å². The van der Waals surface area contributed by atoms with Crippen LogP contribution in [0.5, 0.6) is 0 Å². The average molecular weight is 244 g/mol. The Morgan fingerprint density at radius 1 is 0.944 bits per heavy atom. The third-order valence-electron chi connectivity index (χ3n) is 3.28. The smallest absolute Gasteiger partial charge is 0.208 e. The zero-order chi connectivity index (χ0) is 12.5. The van der Waals surface area contributed by atoms with Crippen LogP contribution in [-0.4, -0.2) is 29.7 Å². The highest BCUT2D eigenvalue weighted by Crippen LogP contribution is 2.30. The molecule has 0 bridgehead atoms. The van der Waals surface area contributed by atoms with E-state index in [1.807, 2.05) is 30.3 Å². The van der Waals surface area contributed by atoms with Gasteiger partial charge in [0.2, 0.25) is 5.79 Å². The van der Waals surface area contributed by atoms with Crippen molar-refractivity contribution >= 4 is 0 Å². The summed E-state index contributed by atoms with van der Waals surface area (Å²) in [6, 6.07) is 9.92. The van der Waals surface area contributed by atoms with Crippen LogP contribution in [0.4, 0.5) is 0 Å². The molecule has 0 atom stereocenters. The van der Waals surface area contributed by atoms with Crippen LogP contribution in [0, 0.1) is 0 Å². The lowest BCUT2D eigenvalue weighted by Crippen LogP contribution is -2.35. The van der Waals surface area contributed by atoms with Gasteiger partial charge >= 0.3 is 0 Å². The third-order valence-corrected chi connectivity index (χ3v) is 3.28. The molecule has 1 fully saturated rings. The van der Waals surface area contributed by atoms with Crippen molar-refractivity contribution in [1.29, 1.82) is 0 Å². The number of hydrogen-bond acceptors (Lipinski definition) is 3. The van der Waals surface area contributed by atoms with Gasteiger partial charge in [-0.25, -0.2) is 0 Å². The van der Waals surface area contributed by atoms with Crippen LogP contribution in [-0.2, 0) is 15.9 Å². The van der Waals surface area contributed by atoms with Gasteiger partial charge in [-0.15, -0.1) is 0 Å². The molecule has 0 amide bonds. The van der Waals surface area contributed by atoms with E-state index in [0.717, 1.165) is 5.56 Å². The Bertz CT molecular complexity index is 454. The summed E-state index contributed by atoms with van der Waals surface area (Å²) in [5.74, 6) is -0.747. The SMILES string of the molecule is OC1(Cc2ccccc2)C=CC2(C=C1)OCCO2. The molecule has 0 saturated carbocycles. The molecule has 1 aromatic rings. The normalized spacial score (nSPS) is 23.6. The van der Waals surface area contributed by atoms with Crippen molar-refractivity contribution in [2.24, 2.45) is 0 Å². The lowest BCUT2D eigenvalue weighted by Gasteiger charge is -2.30. The maximum absolute atomic E-state index is 10.5. The molecule has 1 aromatic carbocycles. The molecule has 94 valence electrons. The van der Waals surface area contributed by atoms with Gasteiger partial charge in [-0.3, -0.25) is 0 Å². The van der Waals surface area contributed by atoms with Crippen LogP contribution >= 0.6 is 0 Å².